The zero-order valence-electron chi connectivity index (χ0n) is 13.4. The van der Waals surface area contributed by atoms with E-state index in [9.17, 15) is 27.6 Å². The Hall–Kier alpha value is -3.07. The molecule has 2 aromatic rings. The summed E-state index contributed by atoms with van der Waals surface area (Å²) in [4.78, 5) is 37.3. The highest BCUT2D eigenvalue weighted by Gasteiger charge is 2.69. The first-order valence-corrected chi connectivity index (χ1v) is 7.90. The third-order valence-corrected chi connectivity index (χ3v) is 4.12. The van der Waals surface area contributed by atoms with Crippen LogP contribution in [0.3, 0.4) is 0 Å². The average Bonchev–Trinajstić information content (AvgIpc) is 2.87. The molecule has 0 bridgehead atoms. The third-order valence-electron chi connectivity index (χ3n) is 3.87. The maximum Gasteiger partial charge on any atom is 0.440 e. The SMILES string of the molecule is O=C(NC1(C(F)(F)F)NC(=O)N(c2ccc(Cl)cc2)C1=O)c1ccccc1. The Morgan fingerprint density at radius 2 is 1.63 bits per heavy atom. The Labute approximate surface area is 155 Å². The van der Waals surface area contributed by atoms with E-state index in [4.69, 9.17) is 11.6 Å². The first-order chi connectivity index (χ1) is 12.7. The van der Waals surface area contributed by atoms with Gasteiger partial charge in [-0.1, -0.05) is 29.8 Å². The minimum absolute atomic E-state index is 0.104. The van der Waals surface area contributed by atoms with Crippen LogP contribution in [-0.4, -0.2) is 29.7 Å². The molecule has 1 atom stereocenters. The van der Waals surface area contributed by atoms with Crippen LogP contribution in [0.1, 0.15) is 10.4 Å². The Balaban J connectivity index is 2.00. The van der Waals surface area contributed by atoms with Gasteiger partial charge in [0.25, 0.3) is 17.5 Å². The van der Waals surface area contributed by atoms with Gasteiger partial charge in [0, 0.05) is 10.6 Å². The van der Waals surface area contributed by atoms with Crippen molar-refractivity contribution in [2.75, 3.05) is 4.90 Å². The lowest BCUT2D eigenvalue weighted by Crippen LogP contribution is -2.69. The summed E-state index contributed by atoms with van der Waals surface area (Å²) < 4.78 is 41.3. The minimum Gasteiger partial charge on any atom is -0.314 e. The van der Waals surface area contributed by atoms with Gasteiger partial charge in [0.15, 0.2) is 0 Å². The second kappa shape index (κ2) is 6.58. The summed E-state index contributed by atoms with van der Waals surface area (Å²) in [7, 11) is 0. The monoisotopic (exact) mass is 397 g/mol. The van der Waals surface area contributed by atoms with Gasteiger partial charge in [-0.15, -0.1) is 0 Å². The third kappa shape index (κ3) is 3.21. The van der Waals surface area contributed by atoms with Crippen LogP contribution < -0.4 is 15.5 Å². The van der Waals surface area contributed by atoms with E-state index in [2.05, 4.69) is 0 Å². The van der Waals surface area contributed by atoms with Gasteiger partial charge in [-0.05, 0) is 36.4 Å². The predicted octanol–water partition coefficient (Wildman–Crippen LogP) is 3.08. The van der Waals surface area contributed by atoms with Gasteiger partial charge >= 0.3 is 12.2 Å². The highest BCUT2D eigenvalue weighted by molar-refractivity contribution is 6.31. The summed E-state index contributed by atoms with van der Waals surface area (Å²) in [5.74, 6) is -2.84. The average molecular weight is 398 g/mol. The lowest BCUT2D eigenvalue weighted by Gasteiger charge is -2.29. The van der Waals surface area contributed by atoms with Gasteiger partial charge in [-0.3, -0.25) is 14.9 Å². The molecule has 0 aliphatic carbocycles. The predicted molar refractivity (Wildman–Crippen MR) is 90.2 cm³/mol. The topological polar surface area (TPSA) is 78.5 Å². The quantitative estimate of drug-likeness (QED) is 0.781. The second-order valence-corrected chi connectivity index (χ2v) is 6.05. The van der Waals surface area contributed by atoms with Gasteiger partial charge < -0.3 is 5.32 Å². The molecule has 1 aliphatic heterocycles. The van der Waals surface area contributed by atoms with E-state index in [-0.39, 0.29) is 16.3 Å². The van der Waals surface area contributed by atoms with Crippen LogP contribution in [-0.2, 0) is 4.79 Å². The Morgan fingerprint density at radius 1 is 1.04 bits per heavy atom. The molecule has 0 radical (unpaired) electrons. The van der Waals surface area contributed by atoms with E-state index < -0.39 is 29.7 Å². The molecule has 27 heavy (non-hydrogen) atoms. The van der Waals surface area contributed by atoms with Crippen LogP contribution in [0.4, 0.5) is 23.7 Å². The molecule has 1 aliphatic rings. The molecule has 3 rings (SSSR count). The number of carbonyl (C=O) groups is 3. The lowest BCUT2D eigenvalue weighted by molar-refractivity contribution is -0.197. The van der Waals surface area contributed by atoms with Crippen LogP contribution >= 0.6 is 11.6 Å². The number of anilines is 1. The van der Waals surface area contributed by atoms with E-state index in [1.807, 2.05) is 0 Å². The van der Waals surface area contributed by atoms with Gasteiger partial charge in [-0.2, -0.15) is 13.2 Å². The molecule has 0 spiro atoms. The van der Waals surface area contributed by atoms with Gasteiger partial charge in [-0.25, -0.2) is 9.69 Å². The van der Waals surface area contributed by atoms with Crippen LogP contribution in [0.5, 0.6) is 0 Å². The minimum atomic E-state index is -5.29. The maximum absolute atomic E-state index is 13.8. The standard InChI is InChI=1S/C17H11ClF3N3O3/c18-11-6-8-12(9-7-11)24-14(26)16(17(19,20)21,23-15(24)27)22-13(25)10-4-2-1-3-5-10/h1-9H,(H,22,25)(H,23,27). The molecular weight excluding hydrogens is 387 g/mol. The zero-order valence-corrected chi connectivity index (χ0v) is 14.1. The van der Waals surface area contributed by atoms with Crippen molar-refractivity contribution in [3.05, 3.63) is 65.2 Å². The molecule has 6 nitrogen and oxygen atoms in total. The van der Waals surface area contributed by atoms with E-state index in [0.717, 1.165) is 0 Å². The fraction of sp³-hybridized carbons (Fsp3) is 0.118. The Morgan fingerprint density at radius 3 is 2.19 bits per heavy atom. The highest BCUT2D eigenvalue weighted by atomic mass is 35.5. The molecule has 1 saturated heterocycles. The molecule has 2 aromatic carbocycles. The van der Waals surface area contributed by atoms with Crippen LogP contribution in [0, 0.1) is 0 Å². The number of urea groups is 1. The number of imide groups is 1. The fourth-order valence-electron chi connectivity index (χ4n) is 2.53. The largest absolute Gasteiger partial charge is 0.440 e. The number of amides is 4. The number of hydrogen-bond acceptors (Lipinski definition) is 3. The molecule has 0 saturated carbocycles. The fourth-order valence-corrected chi connectivity index (χ4v) is 2.66. The first kappa shape index (κ1) is 18.7. The maximum atomic E-state index is 13.8. The number of benzene rings is 2. The summed E-state index contributed by atoms with van der Waals surface area (Å²) >= 11 is 5.72. The van der Waals surface area contributed by atoms with Crippen molar-refractivity contribution in [2.45, 2.75) is 11.8 Å². The molecular formula is C17H11ClF3N3O3. The van der Waals surface area contributed by atoms with Crippen molar-refractivity contribution >= 4 is 35.1 Å². The summed E-state index contributed by atoms with van der Waals surface area (Å²) in [5, 5.41) is 3.46. The lowest BCUT2D eigenvalue weighted by atomic mass is 10.1. The number of carbonyl (C=O) groups excluding carboxylic acids is 3. The first-order valence-electron chi connectivity index (χ1n) is 7.52. The van der Waals surface area contributed by atoms with E-state index >= 15 is 0 Å². The van der Waals surface area contributed by atoms with Crippen molar-refractivity contribution in [3.63, 3.8) is 0 Å². The summed E-state index contributed by atoms with van der Waals surface area (Å²) in [5.41, 5.74) is -3.81. The molecule has 0 aromatic heterocycles. The number of hydrogen-bond donors (Lipinski definition) is 2. The number of rotatable bonds is 3. The van der Waals surface area contributed by atoms with Crippen molar-refractivity contribution < 1.29 is 27.6 Å². The van der Waals surface area contributed by atoms with Crippen molar-refractivity contribution in [1.29, 1.82) is 0 Å². The Bertz CT molecular complexity index is 903. The Kier molecular flexibility index (Phi) is 4.56. The van der Waals surface area contributed by atoms with Crippen molar-refractivity contribution in [1.82, 2.24) is 10.6 Å². The number of alkyl halides is 3. The van der Waals surface area contributed by atoms with Crippen molar-refractivity contribution in [2.24, 2.45) is 0 Å². The molecule has 10 heteroatoms. The van der Waals surface area contributed by atoms with E-state index in [1.165, 1.54) is 48.5 Å². The van der Waals surface area contributed by atoms with Crippen molar-refractivity contribution in [3.8, 4) is 0 Å². The normalized spacial score (nSPS) is 19.8. The molecule has 2 N–H and O–H groups in total. The number of nitrogens with one attached hydrogen (secondary N) is 2. The van der Waals surface area contributed by atoms with Gasteiger partial charge in [0.1, 0.15) is 0 Å². The highest BCUT2D eigenvalue weighted by Crippen LogP contribution is 2.36. The summed E-state index contributed by atoms with van der Waals surface area (Å²) in [6, 6.07) is 10.7. The molecule has 1 unspecified atom stereocenters. The summed E-state index contributed by atoms with van der Waals surface area (Å²) in [6.45, 7) is 0. The van der Waals surface area contributed by atoms with Gasteiger partial charge in [0.2, 0.25) is 0 Å². The van der Waals surface area contributed by atoms with Crippen LogP contribution in [0.25, 0.3) is 0 Å². The summed E-state index contributed by atoms with van der Waals surface area (Å²) in [6.07, 6.45) is -5.29. The smallest absolute Gasteiger partial charge is 0.314 e. The molecule has 1 fully saturated rings. The number of nitrogens with zero attached hydrogens (tertiary/aromatic N) is 1. The zero-order chi connectivity index (χ0) is 19.8. The van der Waals surface area contributed by atoms with Crippen LogP contribution in [0.2, 0.25) is 5.02 Å². The van der Waals surface area contributed by atoms with E-state index in [1.54, 1.807) is 16.7 Å². The van der Waals surface area contributed by atoms with Crippen LogP contribution in [0.15, 0.2) is 54.6 Å². The second-order valence-electron chi connectivity index (χ2n) is 5.62. The van der Waals surface area contributed by atoms with E-state index in [0.29, 0.717) is 4.90 Å². The number of halogens is 4. The molecule has 1 heterocycles. The molecule has 4 amide bonds. The van der Waals surface area contributed by atoms with Gasteiger partial charge in [0.05, 0.1) is 5.69 Å². The molecule has 140 valence electrons.